The van der Waals surface area contributed by atoms with E-state index in [-0.39, 0.29) is 10.8 Å². The SMILES string of the molecule is CCC(Cl)c1ccc(C(C)Cl)cc1. The molecule has 0 amide bonds. The molecular formula is C11H14Cl2. The molecule has 0 nitrogen and oxygen atoms in total. The summed E-state index contributed by atoms with van der Waals surface area (Å²) in [4.78, 5) is 0. The lowest BCUT2D eigenvalue weighted by atomic mass is 10.1. The minimum absolute atomic E-state index is 0.0736. The number of halogens is 2. The third kappa shape index (κ3) is 2.89. The van der Waals surface area contributed by atoms with E-state index in [9.17, 15) is 0 Å². The van der Waals surface area contributed by atoms with Gasteiger partial charge in [0.15, 0.2) is 0 Å². The fraction of sp³-hybridized carbons (Fsp3) is 0.455. The minimum atomic E-state index is 0.0736. The topological polar surface area (TPSA) is 0 Å². The Morgan fingerprint density at radius 3 is 1.92 bits per heavy atom. The average Bonchev–Trinajstić information content (AvgIpc) is 2.17. The van der Waals surface area contributed by atoms with Crippen molar-refractivity contribution in [3.63, 3.8) is 0 Å². The second kappa shape index (κ2) is 4.88. The first kappa shape index (κ1) is 10.9. The van der Waals surface area contributed by atoms with Crippen LogP contribution in [0.25, 0.3) is 0 Å². The highest BCUT2D eigenvalue weighted by Gasteiger charge is 2.05. The van der Waals surface area contributed by atoms with Crippen molar-refractivity contribution in [2.45, 2.75) is 31.0 Å². The molecule has 2 heteroatoms. The van der Waals surface area contributed by atoms with Crippen LogP contribution >= 0.6 is 23.2 Å². The molecule has 0 saturated carbocycles. The molecule has 2 unspecified atom stereocenters. The smallest absolute Gasteiger partial charge is 0.0582 e. The molecule has 0 radical (unpaired) electrons. The van der Waals surface area contributed by atoms with Crippen LogP contribution in [0.3, 0.4) is 0 Å². The lowest BCUT2D eigenvalue weighted by molar-refractivity contribution is 0.882. The first-order valence-electron chi connectivity index (χ1n) is 4.53. The number of hydrogen-bond donors (Lipinski definition) is 0. The van der Waals surface area contributed by atoms with Gasteiger partial charge in [0.25, 0.3) is 0 Å². The van der Waals surface area contributed by atoms with Gasteiger partial charge in [-0.05, 0) is 24.5 Å². The van der Waals surface area contributed by atoms with Crippen molar-refractivity contribution in [1.29, 1.82) is 0 Å². The van der Waals surface area contributed by atoms with Crippen LogP contribution in [0.4, 0.5) is 0 Å². The van der Waals surface area contributed by atoms with Crippen molar-refractivity contribution in [2.24, 2.45) is 0 Å². The van der Waals surface area contributed by atoms with E-state index >= 15 is 0 Å². The Kier molecular flexibility index (Phi) is 4.08. The number of alkyl halides is 2. The van der Waals surface area contributed by atoms with Gasteiger partial charge in [-0.25, -0.2) is 0 Å². The third-order valence-electron chi connectivity index (χ3n) is 2.12. The molecule has 0 aliphatic rings. The largest absolute Gasteiger partial charge is 0.118 e. The summed E-state index contributed by atoms with van der Waals surface area (Å²) < 4.78 is 0. The van der Waals surface area contributed by atoms with E-state index in [1.807, 2.05) is 19.1 Å². The highest BCUT2D eigenvalue weighted by Crippen LogP contribution is 2.26. The lowest BCUT2D eigenvalue weighted by Crippen LogP contribution is -1.89. The Morgan fingerprint density at radius 1 is 1.08 bits per heavy atom. The lowest BCUT2D eigenvalue weighted by Gasteiger charge is -2.08. The van der Waals surface area contributed by atoms with Gasteiger partial charge in [-0.3, -0.25) is 0 Å². The van der Waals surface area contributed by atoms with Gasteiger partial charge in [0.05, 0.1) is 10.8 Å². The molecule has 0 saturated heterocycles. The van der Waals surface area contributed by atoms with Crippen molar-refractivity contribution >= 4 is 23.2 Å². The summed E-state index contributed by atoms with van der Waals surface area (Å²) in [5, 5.41) is 0.198. The van der Waals surface area contributed by atoms with E-state index in [0.29, 0.717) is 0 Å². The van der Waals surface area contributed by atoms with Gasteiger partial charge in [-0.1, -0.05) is 31.2 Å². The van der Waals surface area contributed by atoms with Crippen LogP contribution in [0, 0.1) is 0 Å². The van der Waals surface area contributed by atoms with Crippen LogP contribution in [0.5, 0.6) is 0 Å². The first-order chi connectivity index (χ1) is 6.15. The van der Waals surface area contributed by atoms with Gasteiger partial charge in [-0.15, -0.1) is 23.2 Å². The Balaban J connectivity index is 2.81. The zero-order chi connectivity index (χ0) is 9.84. The van der Waals surface area contributed by atoms with Crippen molar-refractivity contribution < 1.29 is 0 Å². The highest BCUT2D eigenvalue weighted by molar-refractivity contribution is 6.21. The summed E-state index contributed by atoms with van der Waals surface area (Å²) in [7, 11) is 0. The minimum Gasteiger partial charge on any atom is -0.118 e. The Labute approximate surface area is 89.9 Å². The van der Waals surface area contributed by atoms with Crippen LogP contribution in [0.2, 0.25) is 0 Å². The molecule has 0 aliphatic heterocycles. The highest BCUT2D eigenvalue weighted by atomic mass is 35.5. The molecule has 0 heterocycles. The van der Waals surface area contributed by atoms with Gasteiger partial charge >= 0.3 is 0 Å². The van der Waals surface area contributed by atoms with Crippen molar-refractivity contribution in [3.8, 4) is 0 Å². The van der Waals surface area contributed by atoms with Crippen LogP contribution < -0.4 is 0 Å². The van der Waals surface area contributed by atoms with Crippen LogP contribution in [0.15, 0.2) is 24.3 Å². The van der Waals surface area contributed by atoms with Gasteiger partial charge in [-0.2, -0.15) is 0 Å². The fourth-order valence-electron chi connectivity index (χ4n) is 1.21. The number of rotatable bonds is 3. The number of hydrogen-bond acceptors (Lipinski definition) is 0. The summed E-state index contributed by atoms with van der Waals surface area (Å²) in [5.41, 5.74) is 2.32. The zero-order valence-electron chi connectivity index (χ0n) is 7.93. The molecule has 0 N–H and O–H groups in total. The van der Waals surface area contributed by atoms with E-state index < -0.39 is 0 Å². The summed E-state index contributed by atoms with van der Waals surface area (Å²) >= 11 is 12.0. The molecule has 0 fully saturated rings. The maximum Gasteiger partial charge on any atom is 0.0582 e. The third-order valence-corrected chi connectivity index (χ3v) is 2.93. The zero-order valence-corrected chi connectivity index (χ0v) is 9.44. The van der Waals surface area contributed by atoms with E-state index in [1.54, 1.807) is 0 Å². The van der Waals surface area contributed by atoms with E-state index in [0.717, 1.165) is 12.0 Å². The maximum atomic E-state index is 6.09. The molecule has 0 aromatic heterocycles. The molecule has 2 atom stereocenters. The standard InChI is InChI=1S/C11H14Cl2/c1-3-11(13)10-6-4-9(5-7-10)8(2)12/h4-8,11H,3H2,1-2H3. The van der Waals surface area contributed by atoms with Crippen molar-refractivity contribution in [2.75, 3.05) is 0 Å². The molecular weight excluding hydrogens is 203 g/mol. The maximum absolute atomic E-state index is 6.09. The molecule has 72 valence electrons. The van der Waals surface area contributed by atoms with Gasteiger partial charge < -0.3 is 0 Å². The molecule has 1 rings (SSSR count). The van der Waals surface area contributed by atoms with Gasteiger partial charge in [0, 0.05) is 0 Å². The normalized spacial score (nSPS) is 15.4. The van der Waals surface area contributed by atoms with E-state index in [1.165, 1.54) is 5.56 Å². The summed E-state index contributed by atoms with van der Waals surface area (Å²) in [6.07, 6.45) is 0.956. The quantitative estimate of drug-likeness (QED) is 0.645. The molecule has 1 aromatic carbocycles. The van der Waals surface area contributed by atoms with Gasteiger partial charge in [0.2, 0.25) is 0 Å². The van der Waals surface area contributed by atoms with E-state index in [2.05, 4.69) is 19.1 Å². The van der Waals surface area contributed by atoms with Crippen LogP contribution in [0.1, 0.15) is 42.1 Å². The predicted octanol–water partition coefficient (Wildman–Crippen LogP) is 4.68. The first-order valence-corrected chi connectivity index (χ1v) is 5.40. The van der Waals surface area contributed by atoms with Gasteiger partial charge in [0.1, 0.15) is 0 Å². The molecule has 0 spiro atoms. The summed E-state index contributed by atoms with van der Waals surface area (Å²) in [5.74, 6) is 0. The Bertz CT molecular complexity index is 251. The monoisotopic (exact) mass is 216 g/mol. The second-order valence-corrected chi connectivity index (χ2v) is 4.34. The molecule has 0 bridgehead atoms. The van der Waals surface area contributed by atoms with Crippen LogP contribution in [-0.4, -0.2) is 0 Å². The van der Waals surface area contributed by atoms with Crippen molar-refractivity contribution in [3.05, 3.63) is 35.4 Å². The van der Waals surface area contributed by atoms with Crippen LogP contribution in [-0.2, 0) is 0 Å². The molecule has 1 aromatic rings. The second-order valence-electron chi connectivity index (χ2n) is 3.16. The summed E-state index contributed by atoms with van der Waals surface area (Å²) in [6, 6.07) is 8.18. The Morgan fingerprint density at radius 2 is 1.54 bits per heavy atom. The number of benzene rings is 1. The molecule has 13 heavy (non-hydrogen) atoms. The molecule has 0 aliphatic carbocycles. The average molecular weight is 217 g/mol. The van der Waals surface area contributed by atoms with Crippen molar-refractivity contribution in [1.82, 2.24) is 0 Å². The fourth-order valence-corrected chi connectivity index (χ4v) is 1.50. The van der Waals surface area contributed by atoms with E-state index in [4.69, 9.17) is 23.2 Å². The Hall–Kier alpha value is -0.200. The summed E-state index contributed by atoms with van der Waals surface area (Å²) in [6.45, 7) is 4.05. The predicted molar refractivity (Wildman–Crippen MR) is 59.6 cm³/mol.